The lowest BCUT2D eigenvalue weighted by Crippen LogP contribution is -2.62. The van der Waals surface area contributed by atoms with Crippen LogP contribution in [0.2, 0.25) is 0 Å². The van der Waals surface area contributed by atoms with Crippen molar-refractivity contribution in [3.05, 3.63) is 0 Å². The Morgan fingerprint density at radius 2 is 1.88 bits per heavy atom. The Balaban J connectivity index is 1.70. The quantitative estimate of drug-likeness (QED) is 0.695. The van der Waals surface area contributed by atoms with Crippen LogP contribution < -0.4 is 0 Å². The van der Waals surface area contributed by atoms with Gasteiger partial charge in [-0.3, -0.25) is 9.59 Å². The highest BCUT2D eigenvalue weighted by atomic mass is 16.3. The van der Waals surface area contributed by atoms with Gasteiger partial charge in [0.25, 0.3) is 0 Å². The van der Waals surface area contributed by atoms with Crippen molar-refractivity contribution in [1.29, 1.82) is 0 Å². The van der Waals surface area contributed by atoms with Crippen LogP contribution in [0.5, 0.6) is 0 Å². The van der Waals surface area contributed by atoms with Crippen LogP contribution in [0.1, 0.15) is 65.2 Å². The molecule has 26 heavy (non-hydrogen) atoms. The molecule has 4 aliphatic carbocycles. The molecule has 0 bridgehead atoms. The van der Waals surface area contributed by atoms with E-state index < -0.39 is 23.4 Å². The van der Waals surface area contributed by atoms with E-state index in [0.29, 0.717) is 12.3 Å². The fraction of sp³-hybridized carbons (Fsp3) is 0.905. The number of aliphatic hydroxyl groups is 3. The van der Waals surface area contributed by atoms with Gasteiger partial charge in [-0.1, -0.05) is 13.8 Å². The molecule has 0 aromatic carbocycles. The maximum absolute atomic E-state index is 13.4. The van der Waals surface area contributed by atoms with Crippen LogP contribution >= 0.6 is 0 Å². The van der Waals surface area contributed by atoms with Gasteiger partial charge in [0, 0.05) is 17.8 Å². The minimum absolute atomic E-state index is 0.0154. The molecule has 4 saturated carbocycles. The Kier molecular flexibility index (Phi) is 4.18. The topological polar surface area (TPSA) is 94.8 Å². The molecule has 0 radical (unpaired) electrons. The predicted octanol–water partition coefficient (Wildman–Crippen LogP) is 1.86. The van der Waals surface area contributed by atoms with Gasteiger partial charge in [0.05, 0.1) is 6.10 Å². The van der Waals surface area contributed by atoms with Crippen molar-refractivity contribution < 1.29 is 24.9 Å². The number of Topliss-reactive ketones (excluding diaryl/α,β-unsaturated/α-hetero) is 2. The van der Waals surface area contributed by atoms with Crippen LogP contribution in [-0.2, 0) is 9.59 Å². The van der Waals surface area contributed by atoms with Gasteiger partial charge in [-0.05, 0) is 68.1 Å². The minimum Gasteiger partial charge on any atom is -0.393 e. The van der Waals surface area contributed by atoms with Gasteiger partial charge >= 0.3 is 0 Å². The Labute approximate surface area is 155 Å². The summed E-state index contributed by atoms with van der Waals surface area (Å²) < 4.78 is 0. The molecule has 3 N–H and O–H groups in total. The van der Waals surface area contributed by atoms with Gasteiger partial charge in [0.2, 0.25) is 0 Å². The smallest absolute Gasteiger partial charge is 0.190 e. The third-order valence-electron chi connectivity index (χ3n) is 9.08. The van der Waals surface area contributed by atoms with Gasteiger partial charge in [-0.2, -0.15) is 0 Å². The molecule has 4 fully saturated rings. The van der Waals surface area contributed by atoms with Gasteiger partial charge in [0.1, 0.15) is 18.0 Å². The lowest BCUT2D eigenvalue weighted by Gasteiger charge is -2.60. The van der Waals surface area contributed by atoms with Crippen molar-refractivity contribution >= 4 is 11.6 Å². The van der Waals surface area contributed by atoms with E-state index in [0.717, 1.165) is 38.5 Å². The fourth-order valence-corrected chi connectivity index (χ4v) is 7.64. The summed E-state index contributed by atoms with van der Waals surface area (Å²) in [6, 6.07) is 0. The van der Waals surface area contributed by atoms with Crippen LogP contribution in [-0.4, -0.2) is 45.2 Å². The minimum atomic E-state index is -1.58. The highest BCUT2D eigenvalue weighted by Crippen LogP contribution is 2.67. The van der Waals surface area contributed by atoms with E-state index in [1.54, 1.807) is 0 Å². The lowest BCUT2D eigenvalue weighted by molar-refractivity contribution is -0.180. The molecule has 0 aromatic heterocycles. The third-order valence-corrected chi connectivity index (χ3v) is 9.08. The van der Waals surface area contributed by atoms with Crippen molar-refractivity contribution in [1.82, 2.24) is 0 Å². The molecule has 0 aliphatic heterocycles. The van der Waals surface area contributed by atoms with E-state index in [1.807, 2.05) is 6.92 Å². The fourth-order valence-electron chi connectivity index (χ4n) is 7.64. The SMILES string of the molecule is C[C@]12CC[C@@H](O)C[C@H]1CC[C@@H]1[C@H]2C(=O)C[C@@]2(C)[C@H]1CC[C@]2(O)C(=O)CO. The molecule has 8 atom stereocenters. The molecule has 0 spiro atoms. The van der Waals surface area contributed by atoms with E-state index in [9.17, 15) is 24.9 Å². The zero-order valence-electron chi connectivity index (χ0n) is 15.9. The molecule has 146 valence electrons. The second-order valence-electron chi connectivity index (χ2n) is 10.00. The van der Waals surface area contributed by atoms with Crippen molar-refractivity contribution in [3.8, 4) is 0 Å². The molecule has 4 rings (SSSR count). The zero-order chi connectivity index (χ0) is 18.9. The third kappa shape index (κ3) is 2.20. The monoisotopic (exact) mass is 364 g/mol. The average molecular weight is 364 g/mol. The van der Waals surface area contributed by atoms with E-state index in [-0.39, 0.29) is 41.5 Å². The molecule has 5 nitrogen and oxygen atoms in total. The zero-order valence-corrected chi connectivity index (χ0v) is 15.9. The van der Waals surface area contributed by atoms with Gasteiger partial charge in [-0.15, -0.1) is 0 Å². The predicted molar refractivity (Wildman–Crippen MR) is 95.2 cm³/mol. The van der Waals surface area contributed by atoms with Crippen LogP contribution in [0.4, 0.5) is 0 Å². The number of aliphatic hydroxyl groups excluding tert-OH is 2. The molecular weight excluding hydrogens is 332 g/mol. The van der Waals surface area contributed by atoms with Crippen LogP contribution in [0, 0.1) is 34.5 Å². The van der Waals surface area contributed by atoms with Gasteiger partial charge in [-0.25, -0.2) is 0 Å². The van der Waals surface area contributed by atoms with Crippen LogP contribution in [0.25, 0.3) is 0 Å². The Hall–Kier alpha value is -0.780. The summed E-state index contributed by atoms with van der Waals surface area (Å²) in [5.41, 5.74) is -2.40. The number of carbonyl (C=O) groups is 2. The first-order valence-electron chi connectivity index (χ1n) is 10.2. The van der Waals surface area contributed by atoms with Crippen LogP contribution in [0.15, 0.2) is 0 Å². The molecular formula is C21H32O5. The Morgan fingerprint density at radius 3 is 2.58 bits per heavy atom. The summed E-state index contributed by atoms with van der Waals surface area (Å²) in [5, 5.41) is 30.6. The first kappa shape index (κ1) is 18.6. The number of carbonyl (C=O) groups excluding carboxylic acids is 2. The van der Waals surface area contributed by atoms with Crippen molar-refractivity contribution in [2.75, 3.05) is 6.61 Å². The first-order valence-corrected chi connectivity index (χ1v) is 10.2. The van der Waals surface area contributed by atoms with Gasteiger partial charge < -0.3 is 15.3 Å². The summed E-state index contributed by atoms with van der Waals surface area (Å²) in [5.74, 6) is 0.380. The van der Waals surface area contributed by atoms with E-state index in [2.05, 4.69) is 6.92 Å². The Morgan fingerprint density at radius 1 is 1.15 bits per heavy atom. The second kappa shape index (κ2) is 5.86. The summed E-state index contributed by atoms with van der Waals surface area (Å²) in [6.45, 7) is 3.46. The summed E-state index contributed by atoms with van der Waals surface area (Å²) in [6.07, 6.45) is 5.47. The van der Waals surface area contributed by atoms with Crippen molar-refractivity contribution in [2.45, 2.75) is 76.9 Å². The summed E-state index contributed by atoms with van der Waals surface area (Å²) in [4.78, 5) is 25.7. The number of hydrogen-bond donors (Lipinski definition) is 3. The molecule has 0 amide bonds. The summed E-state index contributed by atoms with van der Waals surface area (Å²) >= 11 is 0. The number of hydrogen-bond acceptors (Lipinski definition) is 5. The lowest BCUT2D eigenvalue weighted by atomic mass is 9.44. The molecule has 0 unspecified atom stereocenters. The average Bonchev–Trinajstić information content (AvgIpc) is 2.86. The van der Waals surface area contributed by atoms with Crippen molar-refractivity contribution in [2.24, 2.45) is 34.5 Å². The number of ketones is 2. The molecule has 0 saturated heterocycles. The van der Waals surface area contributed by atoms with Crippen molar-refractivity contribution in [3.63, 3.8) is 0 Å². The normalized spacial score (nSPS) is 53.6. The maximum Gasteiger partial charge on any atom is 0.190 e. The van der Waals surface area contributed by atoms with Crippen LogP contribution in [0.3, 0.4) is 0 Å². The van der Waals surface area contributed by atoms with E-state index >= 15 is 0 Å². The number of rotatable bonds is 2. The maximum atomic E-state index is 13.4. The highest BCUT2D eigenvalue weighted by molar-refractivity contribution is 5.92. The highest BCUT2D eigenvalue weighted by Gasteiger charge is 2.68. The molecule has 0 aromatic rings. The first-order chi connectivity index (χ1) is 12.2. The second-order valence-corrected chi connectivity index (χ2v) is 10.00. The standard InChI is InChI=1S/C21H32O5/c1-19-7-5-13(23)9-12(19)3-4-14-15-6-8-21(26,17(25)11-22)20(15,2)10-16(24)18(14)19/h12-15,18,22-23,26H,3-11H2,1-2H3/t12-,13-,14+,15+,18+,19+,20+,21+/m1/s1. The molecule has 0 heterocycles. The number of fused-ring (bicyclic) bond motifs is 5. The Bertz CT molecular complexity index is 632. The summed E-state index contributed by atoms with van der Waals surface area (Å²) in [7, 11) is 0. The molecule has 4 aliphatic rings. The van der Waals surface area contributed by atoms with E-state index in [1.165, 1.54) is 0 Å². The molecule has 5 heteroatoms. The van der Waals surface area contributed by atoms with E-state index in [4.69, 9.17) is 0 Å². The van der Waals surface area contributed by atoms with Gasteiger partial charge in [0.15, 0.2) is 5.78 Å². The largest absolute Gasteiger partial charge is 0.393 e.